The average molecular weight is 331 g/mol. The first-order valence-electron chi connectivity index (χ1n) is 8.33. The SMILES string of the molecule is Cc1ccc(-c2ccc([Si](C)(C)C)c3c2oc2ccccc23)nc1. The van der Waals surface area contributed by atoms with E-state index < -0.39 is 8.07 Å². The molecule has 0 bridgehead atoms. The van der Waals surface area contributed by atoms with E-state index in [1.54, 1.807) is 0 Å². The molecule has 0 amide bonds. The van der Waals surface area contributed by atoms with Gasteiger partial charge in [-0.15, -0.1) is 0 Å². The Kier molecular flexibility index (Phi) is 3.36. The number of nitrogens with zero attached hydrogens (tertiary/aromatic N) is 1. The summed E-state index contributed by atoms with van der Waals surface area (Å²) in [5, 5.41) is 3.92. The van der Waals surface area contributed by atoms with Crippen LogP contribution in [0, 0.1) is 6.92 Å². The number of hydrogen-bond donors (Lipinski definition) is 0. The predicted octanol–water partition coefficient (Wildman–Crippen LogP) is 5.50. The van der Waals surface area contributed by atoms with Crippen LogP contribution < -0.4 is 5.19 Å². The third-order valence-electron chi connectivity index (χ3n) is 4.52. The zero-order valence-electron chi connectivity index (χ0n) is 14.6. The number of hydrogen-bond acceptors (Lipinski definition) is 2. The Morgan fingerprint density at radius 2 is 1.71 bits per heavy atom. The molecule has 0 aliphatic heterocycles. The number of furan rings is 1. The van der Waals surface area contributed by atoms with Crippen molar-refractivity contribution in [2.75, 3.05) is 0 Å². The highest BCUT2D eigenvalue weighted by atomic mass is 28.3. The third-order valence-corrected chi connectivity index (χ3v) is 6.55. The maximum atomic E-state index is 6.29. The van der Waals surface area contributed by atoms with Crippen molar-refractivity contribution in [1.29, 1.82) is 0 Å². The minimum Gasteiger partial charge on any atom is -0.455 e. The van der Waals surface area contributed by atoms with Gasteiger partial charge in [0, 0.05) is 22.5 Å². The van der Waals surface area contributed by atoms with Crippen molar-refractivity contribution in [3.8, 4) is 11.3 Å². The maximum absolute atomic E-state index is 6.29. The van der Waals surface area contributed by atoms with E-state index in [1.165, 1.54) is 21.5 Å². The molecule has 2 aromatic heterocycles. The Labute approximate surface area is 143 Å². The first kappa shape index (κ1) is 15.2. The van der Waals surface area contributed by atoms with Gasteiger partial charge in [0.15, 0.2) is 0 Å². The Morgan fingerprint density at radius 1 is 0.917 bits per heavy atom. The van der Waals surface area contributed by atoms with Crippen molar-refractivity contribution in [2.24, 2.45) is 0 Å². The normalized spacial score (nSPS) is 12.2. The van der Waals surface area contributed by atoms with E-state index in [9.17, 15) is 0 Å². The van der Waals surface area contributed by atoms with Gasteiger partial charge in [0.25, 0.3) is 0 Å². The lowest BCUT2D eigenvalue weighted by Crippen LogP contribution is -2.37. The molecule has 0 radical (unpaired) electrons. The highest BCUT2D eigenvalue weighted by Crippen LogP contribution is 2.35. The van der Waals surface area contributed by atoms with Crippen LogP contribution in [-0.2, 0) is 0 Å². The maximum Gasteiger partial charge on any atom is 0.144 e. The molecule has 0 spiro atoms. The smallest absolute Gasteiger partial charge is 0.144 e. The summed E-state index contributed by atoms with van der Waals surface area (Å²) in [6.45, 7) is 9.20. The lowest BCUT2D eigenvalue weighted by Gasteiger charge is -2.18. The van der Waals surface area contributed by atoms with Gasteiger partial charge < -0.3 is 4.42 Å². The van der Waals surface area contributed by atoms with E-state index >= 15 is 0 Å². The summed E-state index contributed by atoms with van der Waals surface area (Å²) in [5.74, 6) is 0. The van der Waals surface area contributed by atoms with Gasteiger partial charge in [-0.25, -0.2) is 0 Å². The van der Waals surface area contributed by atoms with Gasteiger partial charge in [0.1, 0.15) is 11.2 Å². The average Bonchev–Trinajstić information content (AvgIpc) is 2.93. The summed E-state index contributed by atoms with van der Waals surface area (Å²) in [6.07, 6.45) is 1.91. The van der Waals surface area contributed by atoms with Crippen molar-refractivity contribution in [3.63, 3.8) is 0 Å². The van der Waals surface area contributed by atoms with Crippen LogP contribution in [0.5, 0.6) is 0 Å². The molecule has 0 saturated heterocycles. The lowest BCUT2D eigenvalue weighted by molar-refractivity contribution is 0.670. The van der Waals surface area contributed by atoms with E-state index in [0.29, 0.717) is 0 Å². The van der Waals surface area contributed by atoms with Crippen LogP contribution in [0.3, 0.4) is 0 Å². The summed E-state index contributed by atoms with van der Waals surface area (Å²) in [6, 6.07) is 17.0. The Hall–Kier alpha value is -2.39. The quantitative estimate of drug-likeness (QED) is 0.453. The molecule has 2 aromatic carbocycles. The fraction of sp³-hybridized carbons (Fsp3) is 0.190. The molecule has 0 N–H and O–H groups in total. The van der Waals surface area contributed by atoms with Gasteiger partial charge >= 0.3 is 0 Å². The highest BCUT2D eigenvalue weighted by Gasteiger charge is 2.24. The molecule has 4 aromatic rings. The van der Waals surface area contributed by atoms with Crippen LogP contribution in [0.15, 0.2) is 59.1 Å². The molecule has 4 rings (SSSR count). The van der Waals surface area contributed by atoms with Crippen molar-refractivity contribution < 1.29 is 4.42 Å². The second kappa shape index (κ2) is 5.31. The summed E-state index contributed by atoms with van der Waals surface area (Å²) in [4.78, 5) is 4.61. The highest BCUT2D eigenvalue weighted by molar-refractivity contribution is 6.90. The molecule has 0 saturated carbocycles. The number of fused-ring (bicyclic) bond motifs is 3. The van der Waals surface area contributed by atoms with Crippen molar-refractivity contribution >= 4 is 35.2 Å². The summed E-state index contributed by atoms with van der Waals surface area (Å²) in [7, 11) is -1.49. The Morgan fingerprint density at radius 3 is 2.42 bits per heavy atom. The number of rotatable bonds is 2. The summed E-state index contributed by atoms with van der Waals surface area (Å²) < 4.78 is 6.29. The zero-order chi connectivity index (χ0) is 16.9. The molecule has 0 aliphatic carbocycles. The predicted molar refractivity (Wildman–Crippen MR) is 105 cm³/mol. The fourth-order valence-corrected chi connectivity index (χ4v) is 4.86. The second-order valence-corrected chi connectivity index (χ2v) is 12.5. The van der Waals surface area contributed by atoms with E-state index in [1.807, 2.05) is 12.3 Å². The fourth-order valence-electron chi connectivity index (χ4n) is 3.28. The number of pyridine rings is 1. The Bertz CT molecular complexity index is 1040. The molecule has 120 valence electrons. The molecule has 0 aliphatic rings. The van der Waals surface area contributed by atoms with Crippen molar-refractivity contribution in [1.82, 2.24) is 4.98 Å². The van der Waals surface area contributed by atoms with Gasteiger partial charge in [-0.05, 0) is 35.9 Å². The van der Waals surface area contributed by atoms with Gasteiger partial charge in [0.05, 0.1) is 13.8 Å². The number of benzene rings is 2. The van der Waals surface area contributed by atoms with E-state index in [-0.39, 0.29) is 0 Å². The minimum atomic E-state index is -1.49. The molecule has 0 fully saturated rings. The van der Waals surface area contributed by atoms with Crippen LogP contribution in [0.2, 0.25) is 19.6 Å². The summed E-state index contributed by atoms with van der Waals surface area (Å²) >= 11 is 0. The largest absolute Gasteiger partial charge is 0.455 e. The van der Waals surface area contributed by atoms with Crippen LogP contribution in [0.1, 0.15) is 5.56 Å². The van der Waals surface area contributed by atoms with Crippen LogP contribution in [0.4, 0.5) is 0 Å². The molecular weight excluding hydrogens is 310 g/mol. The zero-order valence-corrected chi connectivity index (χ0v) is 15.6. The number of para-hydroxylation sites is 1. The number of aromatic nitrogens is 1. The second-order valence-electron chi connectivity index (χ2n) is 7.43. The van der Waals surface area contributed by atoms with Gasteiger partial charge in [-0.2, -0.15) is 0 Å². The monoisotopic (exact) mass is 331 g/mol. The molecule has 3 heteroatoms. The van der Waals surface area contributed by atoms with Crippen LogP contribution in [-0.4, -0.2) is 13.1 Å². The molecule has 24 heavy (non-hydrogen) atoms. The van der Waals surface area contributed by atoms with E-state index in [4.69, 9.17) is 4.42 Å². The van der Waals surface area contributed by atoms with Crippen LogP contribution >= 0.6 is 0 Å². The number of aryl methyl sites for hydroxylation is 1. The van der Waals surface area contributed by atoms with Crippen molar-refractivity contribution in [3.05, 3.63) is 60.3 Å². The topological polar surface area (TPSA) is 26.0 Å². The lowest BCUT2D eigenvalue weighted by atomic mass is 10.1. The molecule has 2 heterocycles. The summed E-state index contributed by atoms with van der Waals surface area (Å²) in [5.41, 5.74) is 5.12. The van der Waals surface area contributed by atoms with Gasteiger partial charge in [0.2, 0.25) is 0 Å². The van der Waals surface area contributed by atoms with Crippen molar-refractivity contribution in [2.45, 2.75) is 26.6 Å². The van der Waals surface area contributed by atoms with E-state index in [0.717, 1.165) is 22.4 Å². The first-order valence-corrected chi connectivity index (χ1v) is 11.8. The Balaban J connectivity index is 2.12. The van der Waals surface area contributed by atoms with Gasteiger partial charge in [-0.1, -0.05) is 50.0 Å². The van der Waals surface area contributed by atoms with E-state index in [2.05, 4.69) is 74.0 Å². The van der Waals surface area contributed by atoms with Gasteiger partial charge in [-0.3, -0.25) is 4.98 Å². The first-order chi connectivity index (χ1) is 11.4. The molecule has 0 unspecified atom stereocenters. The third kappa shape index (κ3) is 2.36. The van der Waals surface area contributed by atoms with Crippen LogP contribution in [0.25, 0.3) is 33.2 Å². The molecule has 2 nitrogen and oxygen atoms in total. The molecular formula is C21H21NOSi. The minimum absolute atomic E-state index is 0.951. The standard InChI is InChI=1S/C21H21NOSi/c1-14-9-11-17(22-13-14)15-10-12-19(24(2,3)4)20-16-7-5-6-8-18(16)23-21(15)20/h5-13H,1-4H3. The molecule has 0 atom stereocenters.